The Morgan fingerprint density at radius 2 is 2.00 bits per heavy atom. The Labute approximate surface area is 139 Å². The minimum Gasteiger partial charge on any atom is -0.468 e. The van der Waals surface area contributed by atoms with Gasteiger partial charge in [0.25, 0.3) is 5.91 Å². The molecule has 0 spiro atoms. The van der Waals surface area contributed by atoms with Crippen molar-refractivity contribution in [1.82, 2.24) is 9.88 Å². The van der Waals surface area contributed by atoms with Gasteiger partial charge in [0.05, 0.1) is 17.1 Å². The largest absolute Gasteiger partial charge is 0.468 e. The standard InChI is InChI=1S/C17H16N2O4S/c20-17(15-8-18-16-6-2-1-5-14(15)16)19-9-13(10-19)24(21,22)11-12-4-3-7-23-12/h1-8,13,18H,9-11H2. The lowest BCUT2D eigenvalue weighted by Gasteiger charge is -2.38. The smallest absolute Gasteiger partial charge is 0.256 e. The summed E-state index contributed by atoms with van der Waals surface area (Å²) >= 11 is 0. The zero-order valence-electron chi connectivity index (χ0n) is 12.8. The molecule has 6 nitrogen and oxygen atoms in total. The SMILES string of the molecule is O=C(c1c[nH]c2ccccc12)N1CC(S(=O)(=O)Cc2ccco2)C1. The number of H-pyrrole nitrogens is 1. The number of aromatic nitrogens is 1. The number of sulfone groups is 1. The van der Waals surface area contributed by atoms with Gasteiger partial charge in [-0.25, -0.2) is 8.42 Å². The van der Waals surface area contributed by atoms with Gasteiger partial charge in [-0.1, -0.05) is 18.2 Å². The first-order valence-corrected chi connectivity index (χ1v) is 9.35. The summed E-state index contributed by atoms with van der Waals surface area (Å²) in [4.78, 5) is 17.2. The van der Waals surface area contributed by atoms with Crippen LogP contribution >= 0.6 is 0 Å². The predicted octanol–water partition coefficient (Wildman–Crippen LogP) is 2.20. The summed E-state index contributed by atoms with van der Waals surface area (Å²) in [6.45, 7) is 0.447. The van der Waals surface area contributed by atoms with Crippen molar-refractivity contribution in [3.8, 4) is 0 Å². The average Bonchev–Trinajstić information content (AvgIpc) is 3.13. The average molecular weight is 344 g/mol. The summed E-state index contributed by atoms with van der Waals surface area (Å²) in [7, 11) is -3.32. The Morgan fingerprint density at radius 1 is 1.21 bits per heavy atom. The molecule has 1 saturated heterocycles. The van der Waals surface area contributed by atoms with Crippen LogP contribution in [0.1, 0.15) is 16.1 Å². The highest BCUT2D eigenvalue weighted by molar-refractivity contribution is 7.91. The van der Waals surface area contributed by atoms with Gasteiger partial charge in [0.1, 0.15) is 11.5 Å². The molecule has 1 aromatic carbocycles. The highest BCUT2D eigenvalue weighted by Crippen LogP contribution is 2.25. The molecule has 0 bridgehead atoms. The van der Waals surface area contributed by atoms with Crippen LogP contribution in [0.4, 0.5) is 0 Å². The van der Waals surface area contributed by atoms with Crippen molar-refractivity contribution in [2.45, 2.75) is 11.0 Å². The summed E-state index contributed by atoms with van der Waals surface area (Å²) in [5, 5.41) is 0.321. The van der Waals surface area contributed by atoms with Gasteiger partial charge in [0.15, 0.2) is 9.84 Å². The molecule has 1 N–H and O–H groups in total. The van der Waals surface area contributed by atoms with Crippen LogP contribution in [0.5, 0.6) is 0 Å². The lowest BCUT2D eigenvalue weighted by atomic mass is 10.1. The first-order chi connectivity index (χ1) is 11.5. The number of carbonyl (C=O) groups is 1. The maximum absolute atomic E-state index is 12.6. The zero-order chi connectivity index (χ0) is 16.7. The van der Waals surface area contributed by atoms with Gasteiger partial charge in [-0.2, -0.15) is 0 Å². The Morgan fingerprint density at radius 3 is 2.75 bits per heavy atom. The predicted molar refractivity (Wildman–Crippen MR) is 89.3 cm³/mol. The summed E-state index contributed by atoms with van der Waals surface area (Å²) in [6, 6.07) is 10.9. The van der Waals surface area contributed by atoms with Crippen molar-refractivity contribution < 1.29 is 17.6 Å². The van der Waals surface area contributed by atoms with E-state index in [9.17, 15) is 13.2 Å². The molecule has 124 valence electrons. The van der Waals surface area contributed by atoms with Gasteiger partial charge in [-0.3, -0.25) is 4.79 Å². The molecular weight excluding hydrogens is 328 g/mol. The third kappa shape index (κ3) is 2.50. The first-order valence-electron chi connectivity index (χ1n) is 7.64. The fourth-order valence-corrected chi connectivity index (χ4v) is 4.57. The number of hydrogen-bond acceptors (Lipinski definition) is 4. The first kappa shape index (κ1) is 15.0. The summed E-state index contributed by atoms with van der Waals surface area (Å²) in [5.74, 6) is 0.160. The second kappa shape index (κ2) is 5.52. The minimum atomic E-state index is -3.32. The van der Waals surface area contributed by atoms with Crippen LogP contribution in [0.15, 0.2) is 53.3 Å². The number of para-hydroxylation sites is 1. The van der Waals surface area contributed by atoms with Gasteiger partial charge in [-0.05, 0) is 18.2 Å². The van der Waals surface area contributed by atoms with Crippen LogP contribution < -0.4 is 0 Å². The van der Waals surface area contributed by atoms with Crippen LogP contribution in [0.2, 0.25) is 0 Å². The third-order valence-corrected chi connectivity index (χ3v) is 6.39. The second-order valence-electron chi connectivity index (χ2n) is 5.97. The Hall–Kier alpha value is -2.54. The lowest BCUT2D eigenvalue weighted by Crippen LogP contribution is -2.57. The van der Waals surface area contributed by atoms with Crippen LogP contribution in [0.3, 0.4) is 0 Å². The Kier molecular flexibility index (Phi) is 3.45. The van der Waals surface area contributed by atoms with Crippen LogP contribution in [0, 0.1) is 0 Å². The van der Waals surface area contributed by atoms with E-state index in [1.54, 1.807) is 23.2 Å². The monoisotopic (exact) mass is 344 g/mol. The zero-order valence-corrected chi connectivity index (χ0v) is 13.6. The Balaban J connectivity index is 1.46. The van der Waals surface area contributed by atoms with E-state index in [1.807, 2.05) is 24.3 Å². The van der Waals surface area contributed by atoms with Crippen LogP contribution in [-0.2, 0) is 15.6 Å². The highest BCUT2D eigenvalue weighted by Gasteiger charge is 2.40. The number of carbonyl (C=O) groups excluding carboxylic acids is 1. The highest BCUT2D eigenvalue weighted by atomic mass is 32.2. The van der Waals surface area contributed by atoms with E-state index in [0.29, 0.717) is 11.3 Å². The Bertz CT molecular complexity index is 983. The summed E-state index contributed by atoms with van der Waals surface area (Å²) < 4.78 is 29.8. The molecule has 1 aliphatic rings. The van der Waals surface area contributed by atoms with Crippen molar-refractivity contribution in [3.05, 3.63) is 60.2 Å². The van der Waals surface area contributed by atoms with Crippen molar-refractivity contribution in [2.75, 3.05) is 13.1 Å². The fourth-order valence-electron chi connectivity index (χ4n) is 2.96. The number of nitrogens with zero attached hydrogens (tertiary/aromatic N) is 1. The van der Waals surface area contributed by atoms with E-state index in [-0.39, 0.29) is 24.7 Å². The molecule has 0 aliphatic carbocycles. The van der Waals surface area contributed by atoms with E-state index in [2.05, 4.69) is 4.98 Å². The van der Waals surface area contributed by atoms with Crippen molar-refractivity contribution in [2.24, 2.45) is 0 Å². The molecule has 1 aliphatic heterocycles. The number of furan rings is 1. The number of nitrogens with one attached hydrogen (secondary N) is 1. The molecule has 3 heterocycles. The second-order valence-corrected chi connectivity index (χ2v) is 8.25. The molecule has 0 saturated carbocycles. The minimum absolute atomic E-state index is 0.125. The number of likely N-dealkylation sites (tertiary alicyclic amines) is 1. The van der Waals surface area contributed by atoms with Gasteiger partial charge >= 0.3 is 0 Å². The van der Waals surface area contributed by atoms with E-state index in [4.69, 9.17) is 4.42 Å². The third-order valence-electron chi connectivity index (χ3n) is 4.39. The number of fused-ring (bicyclic) bond motifs is 1. The number of amides is 1. The maximum Gasteiger partial charge on any atom is 0.256 e. The molecule has 0 atom stereocenters. The van der Waals surface area contributed by atoms with Crippen LogP contribution in [0.25, 0.3) is 10.9 Å². The van der Waals surface area contributed by atoms with Gasteiger partial charge in [0.2, 0.25) is 0 Å². The molecule has 1 amide bonds. The molecule has 7 heteroatoms. The van der Waals surface area contributed by atoms with Crippen molar-refractivity contribution in [1.29, 1.82) is 0 Å². The van der Waals surface area contributed by atoms with Crippen LogP contribution in [-0.4, -0.2) is 42.5 Å². The summed E-state index contributed by atoms with van der Waals surface area (Å²) in [6.07, 6.45) is 3.14. The van der Waals surface area contributed by atoms with Gasteiger partial charge in [-0.15, -0.1) is 0 Å². The normalized spacial score (nSPS) is 15.6. The molecule has 0 unspecified atom stereocenters. The lowest BCUT2D eigenvalue weighted by molar-refractivity contribution is 0.0661. The van der Waals surface area contributed by atoms with Gasteiger partial charge < -0.3 is 14.3 Å². The summed E-state index contributed by atoms with van der Waals surface area (Å²) in [5.41, 5.74) is 1.47. The van der Waals surface area contributed by atoms with E-state index in [1.165, 1.54) is 6.26 Å². The molecule has 2 aromatic heterocycles. The van der Waals surface area contributed by atoms with E-state index in [0.717, 1.165) is 10.9 Å². The fraction of sp³-hybridized carbons (Fsp3) is 0.235. The van der Waals surface area contributed by atoms with E-state index < -0.39 is 15.1 Å². The molecule has 3 aromatic rings. The molecule has 4 rings (SSSR count). The number of aromatic amines is 1. The topological polar surface area (TPSA) is 83.4 Å². The van der Waals surface area contributed by atoms with E-state index >= 15 is 0 Å². The number of benzene rings is 1. The number of rotatable bonds is 4. The quantitative estimate of drug-likeness (QED) is 0.786. The van der Waals surface area contributed by atoms with Gasteiger partial charge in [0, 0.05) is 30.2 Å². The molecule has 0 radical (unpaired) electrons. The number of hydrogen-bond donors (Lipinski definition) is 1. The molecule has 1 fully saturated rings. The van der Waals surface area contributed by atoms with Crippen molar-refractivity contribution in [3.63, 3.8) is 0 Å². The maximum atomic E-state index is 12.6. The molecule has 24 heavy (non-hydrogen) atoms. The van der Waals surface area contributed by atoms with Crippen molar-refractivity contribution >= 4 is 26.6 Å². The molecular formula is C17H16N2O4S.